The molecule has 1 amide bonds. The monoisotopic (exact) mass is 350 g/mol. The van der Waals surface area contributed by atoms with Gasteiger partial charge in [0.05, 0.1) is 11.9 Å². The predicted octanol–water partition coefficient (Wildman–Crippen LogP) is 2.94. The minimum Gasteiger partial charge on any atom is -0.368 e. The van der Waals surface area contributed by atoms with Crippen molar-refractivity contribution in [3.8, 4) is 0 Å². The molecule has 2 heterocycles. The molecule has 0 spiro atoms. The molecule has 0 radical (unpaired) electrons. The summed E-state index contributed by atoms with van der Waals surface area (Å²) in [4.78, 5) is 21.0. The predicted molar refractivity (Wildman–Crippen MR) is 107 cm³/mol. The van der Waals surface area contributed by atoms with Gasteiger partial charge in [-0.2, -0.15) is 0 Å². The number of hydrogen-bond acceptors (Lipinski definition) is 4. The fourth-order valence-electron chi connectivity index (χ4n) is 3.25. The van der Waals surface area contributed by atoms with Crippen molar-refractivity contribution in [1.29, 1.82) is 0 Å². The maximum absolute atomic E-state index is 11.9. The molecule has 136 valence electrons. The van der Waals surface area contributed by atoms with Gasteiger partial charge in [-0.3, -0.25) is 4.79 Å². The van der Waals surface area contributed by atoms with Gasteiger partial charge in [-0.05, 0) is 43.2 Å². The van der Waals surface area contributed by atoms with Crippen LogP contribution in [0.2, 0.25) is 0 Å². The van der Waals surface area contributed by atoms with E-state index >= 15 is 0 Å². The molecule has 0 aliphatic carbocycles. The highest BCUT2D eigenvalue weighted by atomic mass is 16.1. The normalized spacial score (nSPS) is 14.2. The summed E-state index contributed by atoms with van der Waals surface area (Å²) in [5, 5.41) is 2.74. The Bertz CT molecular complexity index is 777. The second-order valence-corrected chi connectivity index (χ2v) is 6.59. The largest absolute Gasteiger partial charge is 0.368 e. The lowest BCUT2D eigenvalue weighted by Crippen LogP contribution is -2.46. The number of nitrogens with one attached hydrogen (secondary N) is 1. The standard InChI is InChI=1S/C21H26N4O/c1-4-10-22-21(26)19-9-8-18(15-23-19)24-11-13-25(14-12-24)20-7-5-6-16(2)17(20)3/h4-9,15H,1,10-14H2,2-3H3,(H,22,26). The zero-order valence-electron chi connectivity index (χ0n) is 15.5. The molecular weight excluding hydrogens is 324 g/mol. The van der Waals surface area contributed by atoms with E-state index in [-0.39, 0.29) is 5.91 Å². The van der Waals surface area contributed by atoms with Crippen molar-refractivity contribution in [2.75, 3.05) is 42.5 Å². The van der Waals surface area contributed by atoms with E-state index in [1.165, 1.54) is 16.8 Å². The quantitative estimate of drug-likeness (QED) is 0.843. The molecule has 1 aromatic heterocycles. The van der Waals surface area contributed by atoms with Gasteiger partial charge in [0.1, 0.15) is 5.69 Å². The minimum absolute atomic E-state index is 0.170. The second-order valence-electron chi connectivity index (χ2n) is 6.59. The summed E-state index contributed by atoms with van der Waals surface area (Å²) < 4.78 is 0. The molecule has 26 heavy (non-hydrogen) atoms. The first-order valence-electron chi connectivity index (χ1n) is 9.01. The van der Waals surface area contributed by atoms with Crippen molar-refractivity contribution in [1.82, 2.24) is 10.3 Å². The molecule has 3 rings (SSSR count). The van der Waals surface area contributed by atoms with Crippen LogP contribution in [0.25, 0.3) is 0 Å². The summed E-state index contributed by atoms with van der Waals surface area (Å²) >= 11 is 0. The van der Waals surface area contributed by atoms with Crippen LogP contribution in [0.5, 0.6) is 0 Å². The zero-order valence-corrected chi connectivity index (χ0v) is 15.5. The molecule has 1 N–H and O–H groups in total. The van der Waals surface area contributed by atoms with Gasteiger partial charge in [0, 0.05) is 38.4 Å². The van der Waals surface area contributed by atoms with E-state index in [0.717, 1.165) is 31.9 Å². The van der Waals surface area contributed by atoms with E-state index in [1.54, 1.807) is 18.3 Å². The van der Waals surface area contributed by atoms with Gasteiger partial charge < -0.3 is 15.1 Å². The molecule has 1 aliphatic rings. The summed E-state index contributed by atoms with van der Waals surface area (Å²) in [5.74, 6) is -0.170. The van der Waals surface area contributed by atoms with Crippen molar-refractivity contribution in [3.63, 3.8) is 0 Å². The minimum atomic E-state index is -0.170. The van der Waals surface area contributed by atoms with Crippen LogP contribution in [0, 0.1) is 13.8 Å². The third kappa shape index (κ3) is 3.87. The number of benzene rings is 1. The fourth-order valence-corrected chi connectivity index (χ4v) is 3.25. The van der Waals surface area contributed by atoms with Crippen LogP contribution in [-0.2, 0) is 0 Å². The Balaban J connectivity index is 1.62. The van der Waals surface area contributed by atoms with Crippen LogP contribution < -0.4 is 15.1 Å². The molecule has 0 saturated carbocycles. The fraction of sp³-hybridized carbons (Fsp3) is 0.333. The summed E-state index contributed by atoms with van der Waals surface area (Å²) in [6.07, 6.45) is 3.44. The topological polar surface area (TPSA) is 48.5 Å². The number of carbonyl (C=O) groups is 1. The van der Waals surface area contributed by atoms with Crippen molar-refractivity contribution in [2.24, 2.45) is 0 Å². The molecule has 5 heteroatoms. The third-order valence-corrected chi connectivity index (χ3v) is 4.95. The van der Waals surface area contributed by atoms with Gasteiger partial charge in [-0.15, -0.1) is 6.58 Å². The summed E-state index contributed by atoms with van der Waals surface area (Å²) in [6, 6.07) is 10.3. The number of amides is 1. The van der Waals surface area contributed by atoms with Gasteiger partial charge in [0.2, 0.25) is 0 Å². The van der Waals surface area contributed by atoms with Crippen LogP contribution in [0.3, 0.4) is 0 Å². The van der Waals surface area contributed by atoms with Crippen molar-refractivity contribution < 1.29 is 4.79 Å². The smallest absolute Gasteiger partial charge is 0.270 e. The van der Waals surface area contributed by atoms with E-state index in [9.17, 15) is 4.79 Å². The first-order valence-corrected chi connectivity index (χ1v) is 9.01. The molecular formula is C21H26N4O. The molecule has 2 aromatic rings. The lowest BCUT2D eigenvalue weighted by molar-refractivity contribution is 0.0953. The number of piperazine rings is 1. The van der Waals surface area contributed by atoms with Crippen LogP contribution in [0.1, 0.15) is 21.6 Å². The molecule has 0 bridgehead atoms. The van der Waals surface area contributed by atoms with E-state index in [0.29, 0.717) is 12.2 Å². The van der Waals surface area contributed by atoms with Crippen molar-refractivity contribution in [2.45, 2.75) is 13.8 Å². The van der Waals surface area contributed by atoms with E-state index in [4.69, 9.17) is 0 Å². The van der Waals surface area contributed by atoms with Gasteiger partial charge in [0.25, 0.3) is 5.91 Å². The summed E-state index contributed by atoms with van der Waals surface area (Å²) in [6.45, 7) is 12.2. The van der Waals surface area contributed by atoms with E-state index in [1.807, 2.05) is 6.07 Å². The number of aromatic nitrogens is 1. The molecule has 1 aromatic carbocycles. The molecule has 1 saturated heterocycles. The maximum Gasteiger partial charge on any atom is 0.270 e. The van der Waals surface area contributed by atoms with Crippen molar-refractivity contribution in [3.05, 3.63) is 66.0 Å². The Hall–Kier alpha value is -2.82. The van der Waals surface area contributed by atoms with Crippen LogP contribution >= 0.6 is 0 Å². The van der Waals surface area contributed by atoms with Gasteiger partial charge >= 0.3 is 0 Å². The zero-order chi connectivity index (χ0) is 18.5. The highest BCUT2D eigenvalue weighted by molar-refractivity contribution is 5.92. The maximum atomic E-state index is 11.9. The highest BCUT2D eigenvalue weighted by Gasteiger charge is 2.19. The SMILES string of the molecule is C=CCNC(=O)c1ccc(N2CCN(c3cccc(C)c3C)CC2)cn1. The highest BCUT2D eigenvalue weighted by Crippen LogP contribution is 2.25. The Morgan fingerprint density at radius 2 is 1.88 bits per heavy atom. The third-order valence-electron chi connectivity index (χ3n) is 4.95. The number of aryl methyl sites for hydroxylation is 1. The molecule has 0 unspecified atom stereocenters. The number of nitrogens with zero attached hydrogens (tertiary/aromatic N) is 3. The van der Waals surface area contributed by atoms with Crippen LogP contribution in [0.15, 0.2) is 49.2 Å². The number of pyridine rings is 1. The number of rotatable bonds is 5. The van der Waals surface area contributed by atoms with Crippen LogP contribution in [0.4, 0.5) is 11.4 Å². The summed E-state index contributed by atoms with van der Waals surface area (Å²) in [7, 11) is 0. The Kier molecular flexibility index (Phi) is 5.56. The number of carbonyl (C=O) groups excluding carboxylic acids is 1. The average Bonchev–Trinajstić information content (AvgIpc) is 2.68. The summed E-state index contributed by atoms with van der Waals surface area (Å²) in [5.41, 5.74) is 5.52. The lowest BCUT2D eigenvalue weighted by Gasteiger charge is -2.38. The van der Waals surface area contributed by atoms with Gasteiger partial charge in [-0.25, -0.2) is 4.98 Å². The number of anilines is 2. The lowest BCUT2D eigenvalue weighted by atomic mass is 10.1. The molecule has 0 atom stereocenters. The van der Waals surface area contributed by atoms with Gasteiger partial charge in [-0.1, -0.05) is 18.2 Å². The van der Waals surface area contributed by atoms with Crippen LogP contribution in [-0.4, -0.2) is 43.6 Å². The van der Waals surface area contributed by atoms with Gasteiger partial charge in [0.15, 0.2) is 0 Å². The molecule has 1 fully saturated rings. The first-order chi connectivity index (χ1) is 12.6. The van der Waals surface area contributed by atoms with E-state index < -0.39 is 0 Å². The number of hydrogen-bond donors (Lipinski definition) is 1. The molecule has 5 nitrogen and oxygen atoms in total. The van der Waals surface area contributed by atoms with Crippen molar-refractivity contribution >= 4 is 17.3 Å². The Morgan fingerprint density at radius 1 is 1.15 bits per heavy atom. The Labute approximate surface area is 155 Å². The average molecular weight is 350 g/mol. The first kappa shape index (κ1) is 18.0. The van der Waals surface area contributed by atoms with E-state index in [2.05, 4.69) is 58.7 Å². The second kappa shape index (κ2) is 8.04. The molecule has 1 aliphatic heterocycles. The Morgan fingerprint density at radius 3 is 2.54 bits per heavy atom.